The average molecular weight is 300 g/mol. The molecule has 1 N–H and O–H groups in total. The van der Waals surface area contributed by atoms with E-state index in [2.05, 4.69) is 38.2 Å². The molecule has 0 radical (unpaired) electrons. The molecular weight excluding hydrogens is 276 g/mol. The van der Waals surface area contributed by atoms with Gasteiger partial charge in [0.25, 0.3) is 0 Å². The van der Waals surface area contributed by atoms with Crippen LogP contribution in [0.1, 0.15) is 25.7 Å². The Morgan fingerprint density at radius 3 is 2.64 bits per heavy atom. The zero-order chi connectivity index (χ0) is 15.2. The minimum absolute atomic E-state index is 0.279. The fourth-order valence-electron chi connectivity index (χ4n) is 3.37. The molecule has 3 rings (SSSR count). The van der Waals surface area contributed by atoms with Gasteiger partial charge in [0.2, 0.25) is 0 Å². The third-order valence-electron chi connectivity index (χ3n) is 4.58. The molecule has 1 aromatic heterocycles. The van der Waals surface area contributed by atoms with Gasteiger partial charge in [-0.3, -0.25) is 4.90 Å². The van der Waals surface area contributed by atoms with E-state index >= 15 is 0 Å². The van der Waals surface area contributed by atoms with Gasteiger partial charge in [-0.2, -0.15) is 0 Å². The maximum Gasteiger partial charge on any atom is 0.128 e. The monoisotopic (exact) mass is 300 g/mol. The number of pyridine rings is 1. The van der Waals surface area contributed by atoms with E-state index < -0.39 is 0 Å². The Hall–Kier alpha value is -1.88. The second kappa shape index (κ2) is 7.40. The quantitative estimate of drug-likeness (QED) is 0.518. The lowest BCUT2D eigenvalue weighted by atomic mass is 9.96. The normalized spacial score (nSPS) is 27.4. The molecule has 2 heterocycles. The Morgan fingerprint density at radius 1 is 1.09 bits per heavy atom. The highest BCUT2D eigenvalue weighted by molar-refractivity contribution is 5.89. The minimum atomic E-state index is 0.279. The van der Waals surface area contributed by atoms with Crippen LogP contribution >= 0.6 is 0 Å². The fraction of sp³-hybridized carbons (Fsp3) is 0.529. The molecule has 1 aliphatic carbocycles. The van der Waals surface area contributed by atoms with Gasteiger partial charge in [-0.15, -0.1) is 0 Å². The van der Waals surface area contributed by atoms with Crippen LogP contribution in [0.4, 0.5) is 5.82 Å². The largest absolute Gasteiger partial charge is 0.411 e. The van der Waals surface area contributed by atoms with Crippen molar-refractivity contribution < 1.29 is 5.21 Å². The Labute approximate surface area is 131 Å². The third kappa shape index (κ3) is 3.47. The summed E-state index contributed by atoms with van der Waals surface area (Å²) in [6.45, 7) is 3.93. The Morgan fingerprint density at radius 2 is 1.91 bits per heavy atom. The van der Waals surface area contributed by atoms with E-state index in [0.717, 1.165) is 63.4 Å². The fourth-order valence-corrected chi connectivity index (χ4v) is 3.37. The smallest absolute Gasteiger partial charge is 0.128 e. The first kappa shape index (κ1) is 15.0. The second-order valence-corrected chi connectivity index (χ2v) is 5.91. The van der Waals surface area contributed by atoms with Crippen LogP contribution in [0.5, 0.6) is 0 Å². The van der Waals surface area contributed by atoms with E-state index in [4.69, 9.17) is 0 Å². The highest BCUT2D eigenvalue weighted by Crippen LogP contribution is 2.20. The molecule has 22 heavy (non-hydrogen) atoms. The summed E-state index contributed by atoms with van der Waals surface area (Å²) in [6, 6.07) is 6.33. The Kier molecular flexibility index (Phi) is 5.06. The van der Waals surface area contributed by atoms with Gasteiger partial charge in [-0.25, -0.2) is 4.98 Å². The molecule has 0 saturated carbocycles. The van der Waals surface area contributed by atoms with Crippen LogP contribution in [-0.4, -0.2) is 53.0 Å². The first-order valence-electron chi connectivity index (χ1n) is 8.14. The predicted molar refractivity (Wildman–Crippen MR) is 88.6 cm³/mol. The van der Waals surface area contributed by atoms with Crippen molar-refractivity contribution >= 4 is 11.5 Å². The number of nitrogens with zero attached hydrogens (tertiary/aromatic N) is 4. The van der Waals surface area contributed by atoms with Crippen LogP contribution in [0, 0.1) is 0 Å². The number of hydrogen-bond donors (Lipinski definition) is 1. The first-order chi connectivity index (χ1) is 10.9. The van der Waals surface area contributed by atoms with Crippen LogP contribution in [0.3, 0.4) is 0 Å². The lowest BCUT2D eigenvalue weighted by Gasteiger charge is -2.40. The lowest BCUT2D eigenvalue weighted by molar-refractivity contribution is 0.211. The lowest BCUT2D eigenvalue weighted by Crippen LogP contribution is -2.53. The number of anilines is 1. The van der Waals surface area contributed by atoms with Crippen LogP contribution in [0.15, 0.2) is 41.7 Å². The predicted octanol–water partition coefficient (Wildman–Crippen LogP) is 2.53. The number of oxime groups is 1. The van der Waals surface area contributed by atoms with Gasteiger partial charge in [-0.1, -0.05) is 23.4 Å². The van der Waals surface area contributed by atoms with Gasteiger partial charge in [0.05, 0.1) is 11.8 Å². The molecule has 5 heteroatoms. The van der Waals surface area contributed by atoms with E-state index in [1.54, 1.807) is 0 Å². The molecule has 0 aromatic carbocycles. The standard InChI is InChI=1S/C17H24N4O/c22-19-15-7-3-1-2-4-8-16(15)20-11-13-21(14-12-20)17-9-5-6-10-18-17/h1-2,5-6,9-10,16,22H,3-4,7-8,11-14H2/b2-1-,19-15-. The summed E-state index contributed by atoms with van der Waals surface area (Å²) in [5, 5.41) is 13.0. The molecular formula is C17H24N4O. The van der Waals surface area contributed by atoms with Crippen LogP contribution in [-0.2, 0) is 0 Å². The molecule has 1 aliphatic heterocycles. The SMILES string of the molecule is O/N=C1/CC/C=C\CCC1N1CCN(c2ccccn2)CC1. The summed E-state index contributed by atoms with van der Waals surface area (Å²) in [5.41, 5.74) is 0.940. The first-order valence-corrected chi connectivity index (χ1v) is 8.14. The van der Waals surface area contributed by atoms with E-state index in [9.17, 15) is 5.21 Å². The van der Waals surface area contributed by atoms with Gasteiger partial charge in [0.15, 0.2) is 0 Å². The van der Waals surface area contributed by atoms with E-state index in [1.807, 2.05) is 18.3 Å². The van der Waals surface area contributed by atoms with Crippen LogP contribution in [0.2, 0.25) is 0 Å². The van der Waals surface area contributed by atoms with Crippen LogP contribution in [0.25, 0.3) is 0 Å². The molecule has 0 bridgehead atoms. The second-order valence-electron chi connectivity index (χ2n) is 5.91. The van der Waals surface area contributed by atoms with Crippen molar-refractivity contribution in [2.45, 2.75) is 31.7 Å². The van der Waals surface area contributed by atoms with Crippen molar-refractivity contribution in [2.24, 2.45) is 5.16 Å². The number of allylic oxidation sites excluding steroid dienone is 2. The highest BCUT2D eigenvalue weighted by Gasteiger charge is 2.28. The molecule has 1 atom stereocenters. The number of piperazine rings is 1. The molecule has 1 aromatic rings. The van der Waals surface area contributed by atoms with Crippen molar-refractivity contribution in [3.63, 3.8) is 0 Å². The summed E-state index contributed by atoms with van der Waals surface area (Å²) < 4.78 is 0. The van der Waals surface area contributed by atoms with E-state index in [-0.39, 0.29) is 6.04 Å². The number of rotatable bonds is 2. The Balaban J connectivity index is 1.63. The summed E-state index contributed by atoms with van der Waals surface area (Å²) in [4.78, 5) is 9.23. The Bertz CT molecular complexity index is 521. The summed E-state index contributed by atoms with van der Waals surface area (Å²) in [5.74, 6) is 1.05. The van der Waals surface area contributed by atoms with Gasteiger partial charge < -0.3 is 10.1 Å². The van der Waals surface area contributed by atoms with E-state index in [1.165, 1.54) is 0 Å². The molecule has 1 fully saturated rings. The van der Waals surface area contributed by atoms with Crippen molar-refractivity contribution in [1.29, 1.82) is 0 Å². The molecule has 118 valence electrons. The summed E-state index contributed by atoms with van der Waals surface area (Å²) in [6.07, 6.45) is 10.2. The molecule has 2 aliphatic rings. The van der Waals surface area contributed by atoms with Gasteiger partial charge in [-0.05, 0) is 37.8 Å². The summed E-state index contributed by atoms with van der Waals surface area (Å²) >= 11 is 0. The molecule has 0 amide bonds. The van der Waals surface area contributed by atoms with Gasteiger partial charge >= 0.3 is 0 Å². The highest BCUT2D eigenvalue weighted by atomic mass is 16.4. The zero-order valence-electron chi connectivity index (χ0n) is 12.9. The maximum absolute atomic E-state index is 9.36. The van der Waals surface area contributed by atoms with E-state index in [0.29, 0.717) is 0 Å². The van der Waals surface area contributed by atoms with Crippen molar-refractivity contribution in [1.82, 2.24) is 9.88 Å². The maximum atomic E-state index is 9.36. The topological polar surface area (TPSA) is 52.0 Å². The zero-order valence-corrected chi connectivity index (χ0v) is 12.9. The molecule has 1 unspecified atom stereocenters. The van der Waals surface area contributed by atoms with Crippen molar-refractivity contribution in [2.75, 3.05) is 31.1 Å². The molecule has 0 spiro atoms. The number of hydrogen-bond acceptors (Lipinski definition) is 5. The van der Waals surface area contributed by atoms with Gasteiger partial charge in [0, 0.05) is 32.4 Å². The minimum Gasteiger partial charge on any atom is -0.411 e. The summed E-state index contributed by atoms with van der Waals surface area (Å²) in [7, 11) is 0. The van der Waals surface area contributed by atoms with Gasteiger partial charge in [0.1, 0.15) is 5.82 Å². The molecule has 1 saturated heterocycles. The van der Waals surface area contributed by atoms with Crippen LogP contribution < -0.4 is 4.90 Å². The average Bonchev–Trinajstić information content (AvgIpc) is 2.56. The molecule has 5 nitrogen and oxygen atoms in total. The van der Waals surface area contributed by atoms with Crippen molar-refractivity contribution in [3.8, 4) is 0 Å². The van der Waals surface area contributed by atoms with Crippen molar-refractivity contribution in [3.05, 3.63) is 36.5 Å². The number of aromatic nitrogens is 1. The third-order valence-corrected chi connectivity index (χ3v) is 4.58.